The van der Waals surface area contributed by atoms with Crippen molar-refractivity contribution in [3.05, 3.63) is 41.5 Å². The van der Waals surface area contributed by atoms with Crippen LogP contribution in [-0.2, 0) is 4.79 Å². The topological polar surface area (TPSA) is 60.8 Å². The largest absolute Gasteiger partial charge is 0.385 e. The molecule has 1 aliphatic heterocycles. The summed E-state index contributed by atoms with van der Waals surface area (Å²) in [4.78, 5) is 13.7. The van der Waals surface area contributed by atoms with E-state index < -0.39 is 17.6 Å². The third kappa shape index (κ3) is 2.17. The van der Waals surface area contributed by atoms with E-state index in [9.17, 15) is 15.0 Å². The van der Waals surface area contributed by atoms with Gasteiger partial charge in [-0.1, -0.05) is 29.8 Å². The number of nitrogens with zero attached hydrogens (tertiary/aromatic N) is 1. The lowest BCUT2D eigenvalue weighted by Crippen LogP contribution is -2.55. The molecule has 0 fully saturated rings. The number of para-hydroxylation sites is 1. The highest BCUT2D eigenvalue weighted by molar-refractivity contribution is 6.02. The van der Waals surface area contributed by atoms with Crippen LogP contribution in [0.2, 0.25) is 0 Å². The van der Waals surface area contributed by atoms with Crippen molar-refractivity contribution in [2.75, 3.05) is 11.9 Å². The van der Waals surface area contributed by atoms with Crippen molar-refractivity contribution >= 4 is 11.6 Å². The summed E-state index contributed by atoms with van der Waals surface area (Å²) in [6.07, 6.45) is 0.666. The van der Waals surface area contributed by atoms with E-state index in [2.05, 4.69) is 0 Å². The van der Waals surface area contributed by atoms with Gasteiger partial charge in [-0.25, -0.2) is 0 Å². The molecule has 0 aliphatic carbocycles. The van der Waals surface area contributed by atoms with Crippen molar-refractivity contribution in [2.45, 2.75) is 32.0 Å². The molecule has 2 atom stereocenters. The third-order valence-corrected chi connectivity index (χ3v) is 3.54. The third-order valence-electron chi connectivity index (χ3n) is 3.54. The van der Waals surface area contributed by atoms with Crippen LogP contribution in [0.5, 0.6) is 0 Å². The van der Waals surface area contributed by atoms with Gasteiger partial charge in [0.1, 0.15) is 6.10 Å². The summed E-state index contributed by atoms with van der Waals surface area (Å²) in [5.41, 5.74) is 0.423. The van der Waals surface area contributed by atoms with E-state index in [0.29, 0.717) is 11.3 Å². The summed E-state index contributed by atoms with van der Waals surface area (Å²) in [5, 5.41) is 20.9. The number of rotatable bonds is 2. The van der Waals surface area contributed by atoms with Crippen LogP contribution in [0.25, 0.3) is 0 Å². The summed E-state index contributed by atoms with van der Waals surface area (Å²) >= 11 is 0. The Balaban J connectivity index is 2.48. The Bertz CT molecular complexity index is 534. The summed E-state index contributed by atoms with van der Waals surface area (Å²) < 4.78 is 0. The van der Waals surface area contributed by atoms with Gasteiger partial charge in [-0.05, 0) is 19.9 Å². The zero-order chi connectivity index (χ0) is 14.2. The van der Waals surface area contributed by atoms with Crippen LogP contribution >= 0.6 is 0 Å². The summed E-state index contributed by atoms with van der Waals surface area (Å²) in [6, 6.07) is 7.08. The molecule has 2 N–H and O–H groups in total. The number of hydrogen-bond donors (Lipinski definition) is 2. The molecule has 4 nitrogen and oxygen atoms in total. The first-order valence-corrected chi connectivity index (χ1v) is 6.29. The molecule has 0 bridgehead atoms. The highest BCUT2D eigenvalue weighted by Crippen LogP contribution is 2.41. The normalized spacial score (nSPS) is 26.1. The fourth-order valence-corrected chi connectivity index (χ4v) is 2.36. The van der Waals surface area contributed by atoms with Gasteiger partial charge in [0.05, 0.1) is 0 Å². The lowest BCUT2D eigenvalue weighted by Gasteiger charge is -2.40. The van der Waals surface area contributed by atoms with E-state index in [1.54, 1.807) is 37.4 Å². The Morgan fingerprint density at radius 3 is 2.68 bits per heavy atom. The maximum absolute atomic E-state index is 12.3. The van der Waals surface area contributed by atoms with E-state index in [4.69, 9.17) is 0 Å². The van der Waals surface area contributed by atoms with Gasteiger partial charge >= 0.3 is 0 Å². The lowest BCUT2D eigenvalue weighted by atomic mass is 9.82. The number of amides is 1. The molecule has 1 aromatic carbocycles. The second kappa shape index (κ2) is 4.79. The minimum absolute atomic E-state index is 0.105. The Hall–Kier alpha value is -1.65. The minimum atomic E-state index is -1.79. The predicted octanol–water partition coefficient (Wildman–Crippen LogP) is 1.78. The number of anilines is 1. The van der Waals surface area contributed by atoms with Crippen molar-refractivity contribution < 1.29 is 15.0 Å². The fourth-order valence-electron chi connectivity index (χ4n) is 2.36. The van der Waals surface area contributed by atoms with Crippen molar-refractivity contribution in [3.8, 4) is 0 Å². The highest BCUT2D eigenvalue weighted by atomic mass is 16.4. The van der Waals surface area contributed by atoms with E-state index in [1.165, 1.54) is 4.90 Å². The standard InChI is InChI=1S/C15H19NO3/c1-10(2)8-9-15(19)13(17)11-6-4-5-7-12(11)16(3)14(15)18/h4-8,13,17,19H,9H2,1-3H3/t13-,15+/m1/s1. The van der Waals surface area contributed by atoms with Crippen molar-refractivity contribution in [2.24, 2.45) is 0 Å². The Kier molecular flexibility index (Phi) is 3.47. The van der Waals surface area contributed by atoms with Crippen LogP contribution < -0.4 is 4.90 Å². The van der Waals surface area contributed by atoms with Crippen LogP contribution in [0.4, 0.5) is 5.69 Å². The van der Waals surface area contributed by atoms with E-state index >= 15 is 0 Å². The van der Waals surface area contributed by atoms with Gasteiger partial charge in [0.25, 0.3) is 5.91 Å². The summed E-state index contributed by atoms with van der Waals surface area (Å²) in [6.45, 7) is 3.78. The zero-order valence-electron chi connectivity index (χ0n) is 11.4. The average Bonchev–Trinajstić information content (AvgIpc) is 2.41. The number of likely N-dealkylation sites (N-methyl/N-ethyl adjacent to an activating group) is 1. The van der Waals surface area contributed by atoms with Crippen LogP contribution in [0, 0.1) is 0 Å². The SMILES string of the molecule is CC(C)=CC[C@@]1(O)C(=O)N(C)c2ccccc2[C@H]1O. The summed E-state index contributed by atoms with van der Waals surface area (Å²) in [5.74, 6) is -0.476. The zero-order valence-corrected chi connectivity index (χ0v) is 11.4. The van der Waals surface area contributed by atoms with Crippen LogP contribution in [0.1, 0.15) is 31.9 Å². The van der Waals surface area contributed by atoms with E-state index in [1.807, 2.05) is 13.8 Å². The molecular formula is C15H19NO3. The quantitative estimate of drug-likeness (QED) is 0.798. The number of allylic oxidation sites excluding steroid dienone is 1. The van der Waals surface area contributed by atoms with Crippen LogP contribution in [0.15, 0.2) is 35.9 Å². The Morgan fingerprint density at radius 1 is 1.42 bits per heavy atom. The second-order valence-electron chi connectivity index (χ2n) is 5.24. The molecule has 1 amide bonds. The van der Waals surface area contributed by atoms with E-state index in [0.717, 1.165) is 5.57 Å². The minimum Gasteiger partial charge on any atom is -0.385 e. The number of hydrogen-bond acceptors (Lipinski definition) is 3. The number of aliphatic hydroxyl groups excluding tert-OH is 1. The molecule has 0 saturated heterocycles. The van der Waals surface area contributed by atoms with E-state index in [-0.39, 0.29) is 6.42 Å². The first-order chi connectivity index (χ1) is 8.88. The molecule has 1 heterocycles. The van der Waals surface area contributed by atoms with Crippen molar-refractivity contribution in [1.29, 1.82) is 0 Å². The molecule has 0 spiro atoms. The van der Waals surface area contributed by atoms with Gasteiger partial charge < -0.3 is 15.1 Å². The Morgan fingerprint density at radius 2 is 2.05 bits per heavy atom. The molecule has 0 radical (unpaired) electrons. The number of benzene rings is 1. The van der Waals surface area contributed by atoms with Gasteiger partial charge in [-0.15, -0.1) is 0 Å². The molecule has 0 aromatic heterocycles. The van der Waals surface area contributed by atoms with Gasteiger partial charge in [0.2, 0.25) is 0 Å². The van der Waals surface area contributed by atoms with Crippen molar-refractivity contribution in [1.82, 2.24) is 0 Å². The molecule has 0 saturated carbocycles. The molecule has 4 heteroatoms. The number of aliphatic hydroxyl groups is 2. The number of carbonyl (C=O) groups excluding carboxylic acids is 1. The molecule has 102 valence electrons. The first-order valence-electron chi connectivity index (χ1n) is 6.29. The second-order valence-corrected chi connectivity index (χ2v) is 5.24. The monoisotopic (exact) mass is 261 g/mol. The average molecular weight is 261 g/mol. The first kappa shape index (κ1) is 13.8. The smallest absolute Gasteiger partial charge is 0.262 e. The highest BCUT2D eigenvalue weighted by Gasteiger charge is 2.49. The fraction of sp³-hybridized carbons (Fsp3) is 0.400. The maximum atomic E-state index is 12.3. The molecule has 1 aliphatic rings. The maximum Gasteiger partial charge on any atom is 0.262 e. The molecular weight excluding hydrogens is 242 g/mol. The molecule has 1 aromatic rings. The molecule has 2 rings (SSSR count). The summed E-state index contributed by atoms with van der Waals surface area (Å²) in [7, 11) is 1.61. The van der Waals surface area contributed by atoms with Gasteiger partial charge in [-0.3, -0.25) is 4.79 Å². The molecule has 0 unspecified atom stereocenters. The predicted molar refractivity (Wildman–Crippen MR) is 73.8 cm³/mol. The number of fused-ring (bicyclic) bond motifs is 1. The van der Waals surface area contributed by atoms with Gasteiger partial charge in [-0.2, -0.15) is 0 Å². The van der Waals surface area contributed by atoms with Crippen LogP contribution in [0.3, 0.4) is 0 Å². The molecule has 19 heavy (non-hydrogen) atoms. The van der Waals surface area contributed by atoms with Crippen molar-refractivity contribution in [3.63, 3.8) is 0 Å². The van der Waals surface area contributed by atoms with Crippen LogP contribution in [-0.4, -0.2) is 28.8 Å². The van der Waals surface area contributed by atoms with Gasteiger partial charge in [0.15, 0.2) is 5.60 Å². The Labute approximate surface area is 113 Å². The van der Waals surface area contributed by atoms with Gasteiger partial charge in [0, 0.05) is 24.7 Å². The number of carbonyl (C=O) groups is 1. The lowest BCUT2D eigenvalue weighted by molar-refractivity contribution is -0.151.